The van der Waals surface area contributed by atoms with E-state index in [2.05, 4.69) is 20.0 Å². The fourth-order valence-electron chi connectivity index (χ4n) is 4.56. The van der Waals surface area contributed by atoms with Crippen LogP contribution < -0.4 is 29.6 Å². The SMILES string of the molecule is COc1nc(N)nc2c1ncn2[C@@H]1O[C@H](CO[P@@](=O)(NC(C)C(=O)OC(C)C)Oc2cccc3c2OCO3)[C@@H](O)[C@@]1(C)F. The lowest BCUT2D eigenvalue weighted by Gasteiger charge is -2.25. The Morgan fingerprint density at radius 3 is 2.81 bits per heavy atom. The number of rotatable bonds is 11. The van der Waals surface area contributed by atoms with Crippen LogP contribution in [0.3, 0.4) is 0 Å². The van der Waals surface area contributed by atoms with Crippen LogP contribution in [0.15, 0.2) is 24.5 Å². The van der Waals surface area contributed by atoms with E-state index in [-0.39, 0.29) is 41.3 Å². The molecule has 2 aromatic heterocycles. The monoisotopic (exact) mass is 626 g/mol. The topological polar surface area (TPSA) is 201 Å². The van der Waals surface area contributed by atoms with Gasteiger partial charge in [0.1, 0.15) is 18.2 Å². The van der Waals surface area contributed by atoms with Gasteiger partial charge in [0, 0.05) is 0 Å². The smallest absolute Gasteiger partial charge is 0.459 e. The molecule has 43 heavy (non-hydrogen) atoms. The van der Waals surface area contributed by atoms with E-state index in [0.29, 0.717) is 5.75 Å². The van der Waals surface area contributed by atoms with Crippen LogP contribution in [-0.2, 0) is 23.4 Å². The first-order valence-electron chi connectivity index (χ1n) is 13.2. The third kappa shape index (κ3) is 6.03. The molecule has 1 saturated heterocycles. The Balaban J connectivity index is 1.39. The van der Waals surface area contributed by atoms with Gasteiger partial charge in [-0.1, -0.05) is 6.07 Å². The number of hydrogen-bond donors (Lipinski definition) is 3. The first kappa shape index (κ1) is 30.7. The number of methoxy groups -OCH3 is 1. The molecule has 0 spiro atoms. The molecule has 16 nitrogen and oxygen atoms in total. The van der Waals surface area contributed by atoms with Crippen molar-refractivity contribution in [3.8, 4) is 23.1 Å². The van der Waals surface area contributed by atoms with Gasteiger partial charge in [0.25, 0.3) is 0 Å². The van der Waals surface area contributed by atoms with Crippen molar-refractivity contribution >= 4 is 30.8 Å². The molecule has 0 bridgehead atoms. The van der Waals surface area contributed by atoms with Crippen molar-refractivity contribution in [1.29, 1.82) is 0 Å². The van der Waals surface area contributed by atoms with Crippen molar-refractivity contribution in [2.24, 2.45) is 0 Å². The maximum atomic E-state index is 16.1. The highest BCUT2D eigenvalue weighted by Gasteiger charge is 2.56. The van der Waals surface area contributed by atoms with Crippen LogP contribution in [0.2, 0.25) is 0 Å². The van der Waals surface area contributed by atoms with Crippen LogP contribution in [0, 0.1) is 0 Å². The minimum atomic E-state index is -4.46. The van der Waals surface area contributed by atoms with Crippen molar-refractivity contribution in [2.45, 2.75) is 63.9 Å². The molecule has 2 aliphatic heterocycles. The highest BCUT2D eigenvalue weighted by atomic mass is 31.2. The van der Waals surface area contributed by atoms with Gasteiger partial charge in [-0.3, -0.25) is 13.9 Å². The fraction of sp³-hybridized carbons (Fsp3) is 0.520. The average molecular weight is 627 g/mol. The van der Waals surface area contributed by atoms with Gasteiger partial charge in [0.15, 0.2) is 34.6 Å². The fourth-order valence-corrected chi connectivity index (χ4v) is 6.07. The van der Waals surface area contributed by atoms with Crippen LogP contribution in [0.1, 0.15) is 33.9 Å². The second-order valence-corrected chi connectivity index (χ2v) is 11.9. The number of esters is 1. The number of aliphatic hydroxyl groups excluding tert-OH is 1. The highest BCUT2D eigenvalue weighted by Crippen LogP contribution is 2.52. The summed E-state index contributed by atoms with van der Waals surface area (Å²) in [6.45, 7) is 5.12. The molecule has 18 heteroatoms. The number of carbonyl (C=O) groups is 1. The number of ether oxygens (including phenoxy) is 5. The van der Waals surface area contributed by atoms with Crippen LogP contribution in [0.5, 0.6) is 23.1 Å². The molecule has 0 saturated carbocycles. The summed E-state index contributed by atoms with van der Waals surface area (Å²) in [5, 5.41) is 13.5. The Morgan fingerprint density at radius 2 is 2.09 bits per heavy atom. The van der Waals surface area contributed by atoms with Gasteiger partial charge in [-0.05, 0) is 39.8 Å². The number of alkyl halides is 1. The lowest BCUT2D eigenvalue weighted by atomic mass is 9.98. The number of fused-ring (bicyclic) bond motifs is 2. The summed E-state index contributed by atoms with van der Waals surface area (Å²) < 4.78 is 69.7. The molecular weight excluding hydrogens is 594 g/mol. The lowest BCUT2D eigenvalue weighted by Crippen LogP contribution is -2.41. The zero-order valence-corrected chi connectivity index (χ0v) is 24.8. The number of halogens is 1. The van der Waals surface area contributed by atoms with Crippen LogP contribution in [0.4, 0.5) is 10.3 Å². The number of nitrogens with one attached hydrogen (secondary N) is 1. The van der Waals surface area contributed by atoms with Crippen molar-refractivity contribution in [3.63, 3.8) is 0 Å². The van der Waals surface area contributed by atoms with Gasteiger partial charge in [0.2, 0.25) is 24.4 Å². The van der Waals surface area contributed by atoms with Crippen molar-refractivity contribution in [2.75, 3.05) is 26.2 Å². The Kier molecular flexibility index (Phi) is 8.37. The molecular formula is C25H32FN6O10P. The van der Waals surface area contributed by atoms with Crippen LogP contribution in [-0.4, -0.2) is 81.1 Å². The molecule has 1 aromatic carbocycles. The number of aliphatic hydroxyl groups is 1. The quantitative estimate of drug-likeness (QED) is 0.207. The summed E-state index contributed by atoms with van der Waals surface area (Å²) in [5.41, 5.74) is 3.66. The van der Waals surface area contributed by atoms with Gasteiger partial charge in [-0.15, -0.1) is 0 Å². The number of nitrogen functional groups attached to an aromatic ring is 1. The van der Waals surface area contributed by atoms with E-state index in [1.165, 1.54) is 31.0 Å². The highest BCUT2D eigenvalue weighted by molar-refractivity contribution is 7.52. The zero-order chi connectivity index (χ0) is 31.1. The van der Waals surface area contributed by atoms with Gasteiger partial charge < -0.3 is 39.0 Å². The molecule has 4 heterocycles. The number of carbonyl (C=O) groups excluding carboxylic acids is 1. The van der Waals surface area contributed by atoms with Gasteiger partial charge in [-0.25, -0.2) is 13.9 Å². The summed E-state index contributed by atoms with van der Waals surface area (Å²) in [6, 6.07) is 3.50. The number of nitrogens with two attached hydrogens (primary N) is 1. The van der Waals surface area contributed by atoms with Gasteiger partial charge in [0.05, 0.1) is 26.1 Å². The summed E-state index contributed by atoms with van der Waals surface area (Å²) in [7, 11) is -3.09. The first-order valence-corrected chi connectivity index (χ1v) is 14.7. The van der Waals surface area contributed by atoms with E-state index in [1.807, 2.05) is 0 Å². The molecule has 1 unspecified atom stereocenters. The first-order chi connectivity index (χ1) is 20.3. The Hall–Kier alpha value is -3.76. The molecule has 2 aliphatic rings. The second-order valence-electron chi connectivity index (χ2n) is 10.2. The van der Waals surface area contributed by atoms with Gasteiger partial charge >= 0.3 is 13.7 Å². The van der Waals surface area contributed by atoms with E-state index in [1.54, 1.807) is 26.0 Å². The van der Waals surface area contributed by atoms with Crippen molar-refractivity contribution in [3.05, 3.63) is 24.5 Å². The Morgan fingerprint density at radius 1 is 1.33 bits per heavy atom. The molecule has 6 atom stereocenters. The molecule has 1 fully saturated rings. The van der Waals surface area contributed by atoms with Crippen molar-refractivity contribution in [1.82, 2.24) is 24.6 Å². The van der Waals surface area contributed by atoms with Crippen molar-refractivity contribution < 1.29 is 51.6 Å². The van der Waals surface area contributed by atoms with E-state index >= 15 is 4.39 Å². The van der Waals surface area contributed by atoms with E-state index in [9.17, 15) is 14.5 Å². The molecule has 0 amide bonds. The lowest BCUT2D eigenvalue weighted by molar-refractivity contribution is -0.149. The number of nitrogens with zero attached hydrogens (tertiary/aromatic N) is 4. The maximum absolute atomic E-state index is 16.1. The summed E-state index contributed by atoms with van der Waals surface area (Å²) in [5.74, 6) is -0.305. The average Bonchev–Trinajstić information content (AvgIpc) is 3.64. The van der Waals surface area contributed by atoms with E-state index in [0.717, 1.165) is 6.92 Å². The minimum Gasteiger partial charge on any atom is -0.479 e. The van der Waals surface area contributed by atoms with Crippen LogP contribution in [0.25, 0.3) is 11.2 Å². The third-order valence-electron chi connectivity index (χ3n) is 6.61. The zero-order valence-electron chi connectivity index (χ0n) is 23.9. The number of anilines is 1. The third-order valence-corrected chi connectivity index (χ3v) is 8.24. The molecule has 3 aromatic rings. The molecule has 0 aliphatic carbocycles. The van der Waals surface area contributed by atoms with Crippen LogP contribution >= 0.6 is 7.75 Å². The largest absolute Gasteiger partial charge is 0.479 e. The Bertz CT molecular complexity index is 1550. The summed E-state index contributed by atoms with van der Waals surface area (Å²) in [6.07, 6.45) is -3.80. The predicted molar refractivity (Wildman–Crippen MR) is 146 cm³/mol. The maximum Gasteiger partial charge on any atom is 0.459 e. The number of imidazole rings is 1. The molecule has 0 radical (unpaired) electrons. The Labute approximate surface area is 245 Å². The van der Waals surface area contributed by atoms with E-state index < -0.39 is 56.6 Å². The predicted octanol–water partition coefficient (Wildman–Crippen LogP) is 2.27. The molecule has 234 valence electrons. The second kappa shape index (κ2) is 11.7. The minimum absolute atomic E-state index is 0.00698. The summed E-state index contributed by atoms with van der Waals surface area (Å²) in [4.78, 5) is 24.8. The normalized spacial score (nSPS) is 25.1. The summed E-state index contributed by atoms with van der Waals surface area (Å²) >= 11 is 0. The number of aromatic nitrogens is 4. The van der Waals surface area contributed by atoms with E-state index in [4.69, 9.17) is 38.5 Å². The number of hydrogen-bond acceptors (Lipinski definition) is 14. The number of para-hydroxylation sites is 1. The standard InChI is InChI=1S/C25H32FN6O10P/c1-12(2)40-22(34)13(3)31-43(35,42-15-8-6-7-14-18(15)38-11-37-14)39-9-16-19(33)25(4,26)23(41-16)32-10-28-17-20(32)29-24(27)30-21(17)36-5/h6-8,10,12-13,16,19,23,33H,9,11H2,1-5H3,(H,31,35)(H2,27,29,30)/t13?,16-,19-,23-,25-,43+/m1/s1. The molecule has 5 rings (SSSR count). The van der Waals surface area contributed by atoms with Gasteiger partial charge in [-0.2, -0.15) is 15.1 Å². The number of benzene rings is 1. The molecule has 4 N–H and O–H groups in total.